The van der Waals surface area contributed by atoms with E-state index in [4.69, 9.17) is 27.9 Å². The number of piperidine rings is 1. The monoisotopic (exact) mass is 412 g/mol. The molecule has 1 aliphatic rings. The molecule has 0 unspecified atom stereocenters. The van der Waals surface area contributed by atoms with Gasteiger partial charge in [0.25, 0.3) is 0 Å². The van der Waals surface area contributed by atoms with E-state index in [0.717, 1.165) is 6.42 Å². The molecule has 148 valence electrons. The number of ether oxygens (including phenoxy) is 1. The molecule has 27 heavy (non-hydrogen) atoms. The number of likely N-dealkylation sites (tertiary alicyclic amines) is 1. The van der Waals surface area contributed by atoms with Crippen LogP contribution in [0.1, 0.15) is 31.7 Å². The molecule has 1 aromatic carbocycles. The van der Waals surface area contributed by atoms with Crippen LogP contribution in [0, 0.1) is 5.92 Å². The number of benzene rings is 1. The van der Waals surface area contributed by atoms with Crippen molar-refractivity contribution in [2.75, 3.05) is 32.8 Å². The third kappa shape index (κ3) is 7.17. The molecule has 7 heteroatoms. The van der Waals surface area contributed by atoms with Crippen LogP contribution in [0.15, 0.2) is 24.3 Å². The van der Waals surface area contributed by atoms with Gasteiger partial charge in [-0.2, -0.15) is 0 Å². The Morgan fingerprint density at radius 2 is 2.04 bits per heavy atom. The van der Waals surface area contributed by atoms with E-state index in [9.17, 15) is 9.59 Å². The Balaban J connectivity index is 1.76. The minimum atomic E-state index is -0.0818. The van der Waals surface area contributed by atoms with Crippen LogP contribution >= 0.6 is 23.2 Å². The van der Waals surface area contributed by atoms with Gasteiger partial charge in [0.15, 0.2) is 0 Å². The minimum absolute atomic E-state index is 0.0347. The summed E-state index contributed by atoms with van der Waals surface area (Å²) in [5, 5.41) is 4.06. The maximum absolute atomic E-state index is 12.4. The van der Waals surface area contributed by atoms with E-state index >= 15 is 0 Å². The third-order valence-electron chi connectivity index (χ3n) is 4.51. The van der Waals surface area contributed by atoms with Crippen molar-refractivity contribution in [2.45, 2.75) is 26.2 Å². The van der Waals surface area contributed by atoms with Gasteiger partial charge in [0.2, 0.25) is 11.8 Å². The van der Waals surface area contributed by atoms with Crippen molar-refractivity contribution in [3.05, 3.63) is 39.9 Å². The number of halogens is 2. The lowest BCUT2D eigenvalue weighted by Crippen LogP contribution is -2.42. The van der Waals surface area contributed by atoms with Gasteiger partial charge in [-0.05, 0) is 56.0 Å². The molecule has 2 amide bonds. The molecule has 0 saturated carbocycles. The summed E-state index contributed by atoms with van der Waals surface area (Å²) in [5.74, 6) is -0.0473. The van der Waals surface area contributed by atoms with Gasteiger partial charge in [-0.1, -0.05) is 23.2 Å². The number of rotatable bonds is 8. The molecule has 1 aromatic rings. The average Bonchev–Trinajstić information content (AvgIpc) is 2.68. The lowest BCUT2D eigenvalue weighted by atomic mass is 9.96. The fourth-order valence-corrected chi connectivity index (χ4v) is 3.31. The molecule has 0 bridgehead atoms. The lowest BCUT2D eigenvalue weighted by molar-refractivity contribution is -0.132. The van der Waals surface area contributed by atoms with E-state index in [1.807, 2.05) is 6.92 Å². The van der Waals surface area contributed by atoms with E-state index in [1.165, 1.54) is 6.08 Å². The molecule has 0 atom stereocenters. The van der Waals surface area contributed by atoms with Crippen molar-refractivity contribution in [2.24, 2.45) is 5.92 Å². The molecule has 0 spiro atoms. The number of amides is 2. The van der Waals surface area contributed by atoms with Crippen molar-refractivity contribution in [1.82, 2.24) is 10.2 Å². The summed E-state index contributed by atoms with van der Waals surface area (Å²) < 4.78 is 5.25. The molecule has 0 aliphatic carbocycles. The first-order chi connectivity index (χ1) is 13.0. The van der Waals surface area contributed by atoms with Gasteiger partial charge >= 0.3 is 0 Å². The van der Waals surface area contributed by atoms with Crippen molar-refractivity contribution in [3.63, 3.8) is 0 Å². The van der Waals surface area contributed by atoms with Crippen LogP contribution in [0.5, 0.6) is 0 Å². The molecule has 1 fully saturated rings. The maximum atomic E-state index is 12.4. The van der Waals surface area contributed by atoms with Crippen molar-refractivity contribution < 1.29 is 14.3 Å². The normalized spacial score (nSPS) is 15.3. The van der Waals surface area contributed by atoms with Crippen LogP contribution in [-0.4, -0.2) is 49.6 Å². The Morgan fingerprint density at radius 3 is 2.74 bits per heavy atom. The summed E-state index contributed by atoms with van der Waals surface area (Å²) in [7, 11) is 0. The lowest BCUT2D eigenvalue weighted by Gasteiger charge is -2.30. The van der Waals surface area contributed by atoms with Crippen LogP contribution < -0.4 is 5.32 Å². The summed E-state index contributed by atoms with van der Waals surface area (Å²) in [6, 6.07) is 5.12. The summed E-state index contributed by atoms with van der Waals surface area (Å²) in [6.07, 6.45) is 5.34. The average molecular weight is 413 g/mol. The van der Waals surface area contributed by atoms with Gasteiger partial charge in [-0.15, -0.1) is 0 Å². The number of carbonyl (C=O) groups excluding carboxylic acids is 2. The zero-order valence-electron chi connectivity index (χ0n) is 15.5. The van der Waals surface area contributed by atoms with E-state index in [2.05, 4.69) is 5.32 Å². The fourth-order valence-electron chi connectivity index (χ4n) is 2.95. The Labute approximate surface area is 170 Å². The highest BCUT2D eigenvalue weighted by atomic mass is 35.5. The second kappa shape index (κ2) is 11.3. The van der Waals surface area contributed by atoms with Crippen molar-refractivity contribution >= 4 is 41.1 Å². The van der Waals surface area contributed by atoms with Crippen LogP contribution in [0.2, 0.25) is 10.0 Å². The predicted octanol–water partition coefficient (Wildman–Crippen LogP) is 3.79. The smallest absolute Gasteiger partial charge is 0.246 e. The first kappa shape index (κ1) is 21.7. The zero-order chi connectivity index (χ0) is 19.6. The molecule has 1 N–H and O–H groups in total. The second-order valence-corrected chi connectivity index (χ2v) is 7.28. The SMILES string of the molecule is CCOCCCNC(=O)C1CCN(C(=O)/C=C/c2cc(Cl)ccc2Cl)CC1. The van der Waals surface area contributed by atoms with Gasteiger partial charge < -0.3 is 15.0 Å². The molecule has 1 saturated heterocycles. The van der Waals surface area contributed by atoms with Crippen molar-refractivity contribution in [1.29, 1.82) is 0 Å². The zero-order valence-corrected chi connectivity index (χ0v) is 17.1. The number of nitrogens with zero attached hydrogens (tertiary/aromatic N) is 1. The Kier molecular flexibility index (Phi) is 9.11. The molecular weight excluding hydrogens is 387 g/mol. The molecule has 1 heterocycles. The van der Waals surface area contributed by atoms with E-state index in [1.54, 1.807) is 29.2 Å². The topological polar surface area (TPSA) is 58.6 Å². The van der Waals surface area contributed by atoms with Gasteiger partial charge in [-0.25, -0.2) is 0 Å². The summed E-state index contributed by atoms with van der Waals surface area (Å²) in [6.45, 7) is 5.08. The summed E-state index contributed by atoms with van der Waals surface area (Å²) in [5.41, 5.74) is 0.707. The predicted molar refractivity (Wildman–Crippen MR) is 109 cm³/mol. The third-order valence-corrected chi connectivity index (χ3v) is 5.09. The van der Waals surface area contributed by atoms with Crippen LogP contribution in [0.3, 0.4) is 0 Å². The molecule has 2 rings (SSSR count). The number of hydrogen-bond donors (Lipinski definition) is 1. The van der Waals surface area contributed by atoms with E-state index < -0.39 is 0 Å². The highest BCUT2D eigenvalue weighted by Gasteiger charge is 2.26. The molecule has 0 radical (unpaired) electrons. The minimum Gasteiger partial charge on any atom is -0.382 e. The number of carbonyl (C=O) groups is 2. The second-order valence-electron chi connectivity index (χ2n) is 6.44. The molecule has 1 aliphatic heterocycles. The van der Waals surface area contributed by atoms with Gasteiger partial charge in [0.05, 0.1) is 0 Å². The number of hydrogen-bond acceptors (Lipinski definition) is 3. The van der Waals surface area contributed by atoms with Gasteiger partial charge in [-0.3, -0.25) is 9.59 Å². The first-order valence-electron chi connectivity index (χ1n) is 9.28. The van der Waals surface area contributed by atoms with Crippen LogP contribution in [0.25, 0.3) is 6.08 Å². The van der Waals surface area contributed by atoms with Gasteiger partial charge in [0.1, 0.15) is 0 Å². The van der Waals surface area contributed by atoms with Gasteiger partial charge in [0, 0.05) is 54.9 Å². The Morgan fingerprint density at radius 1 is 1.30 bits per heavy atom. The largest absolute Gasteiger partial charge is 0.382 e. The molecular formula is C20H26Cl2N2O3. The molecule has 0 aromatic heterocycles. The van der Waals surface area contributed by atoms with Crippen LogP contribution in [-0.2, 0) is 14.3 Å². The number of nitrogens with one attached hydrogen (secondary N) is 1. The van der Waals surface area contributed by atoms with E-state index in [-0.39, 0.29) is 17.7 Å². The fraction of sp³-hybridized carbons (Fsp3) is 0.500. The summed E-state index contributed by atoms with van der Waals surface area (Å²) in [4.78, 5) is 26.3. The summed E-state index contributed by atoms with van der Waals surface area (Å²) >= 11 is 12.1. The maximum Gasteiger partial charge on any atom is 0.246 e. The Bertz CT molecular complexity index is 671. The highest BCUT2D eigenvalue weighted by molar-refractivity contribution is 6.34. The first-order valence-corrected chi connectivity index (χ1v) is 10.0. The van der Waals surface area contributed by atoms with Crippen LogP contribution in [0.4, 0.5) is 0 Å². The van der Waals surface area contributed by atoms with Crippen molar-refractivity contribution in [3.8, 4) is 0 Å². The highest BCUT2D eigenvalue weighted by Crippen LogP contribution is 2.22. The Hall–Kier alpha value is -1.56. The molecule has 5 nitrogen and oxygen atoms in total. The standard InChI is InChI=1S/C20H26Cl2N2O3/c1-2-27-13-3-10-23-20(26)15-8-11-24(12-9-15)19(25)7-4-16-14-17(21)5-6-18(16)22/h4-7,14-15H,2-3,8-13H2,1H3,(H,23,26)/b7-4+. The quantitative estimate of drug-likeness (QED) is 0.521. The van der Waals surface area contributed by atoms with E-state index in [0.29, 0.717) is 61.3 Å².